The van der Waals surface area contributed by atoms with Crippen molar-refractivity contribution in [1.29, 1.82) is 0 Å². The zero-order valence-electron chi connectivity index (χ0n) is 20.3. The quantitative estimate of drug-likeness (QED) is 0.584. The number of carbonyl (C=O) groups excluding carboxylic acids is 3. The Balaban J connectivity index is 1.31. The smallest absolute Gasteiger partial charge is 0.307 e. The number of rotatable bonds is 8. The van der Waals surface area contributed by atoms with Gasteiger partial charge in [-0.05, 0) is 55.9 Å². The molecule has 2 aliphatic heterocycles. The van der Waals surface area contributed by atoms with Crippen molar-refractivity contribution in [2.75, 3.05) is 38.2 Å². The molecule has 186 valence electrons. The van der Waals surface area contributed by atoms with Gasteiger partial charge in [0.1, 0.15) is 0 Å². The van der Waals surface area contributed by atoms with Gasteiger partial charge in [-0.25, -0.2) is 0 Å². The van der Waals surface area contributed by atoms with Gasteiger partial charge in [0.25, 0.3) is 11.8 Å². The number of nitrogens with zero attached hydrogens (tertiary/aromatic N) is 4. The standard InChI is InChI=1S/C26H33N5O4/c1-35-23(32)10-12-27-25(33)24-21-17-30(15-11-22(21)31(28-24)16-18-4-5-18)26(34)19-6-8-20(9-7-19)29-13-2-3-14-29/h6-9,18H,2-5,10-17H2,1H3,(H,27,33). The highest BCUT2D eigenvalue weighted by Gasteiger charge is 2.32. The number of aromatic nitrogens is 2. The molecule has 1 aromatic carbocycles. The molecule has 9 heteroatoms. The summed E-state index contributed by atoms with van der Waals surface area (Å²) in [6, 6.07) is 7.87. The van der Waals surface area contributed by atoms with E-state index in [4.69, 9.17) is 0 Å². The van der Waals surface area contributed by atoms with Crippen LogP contribution in [0.4, 0.5) is 5.69 Å². The van der Waals surface area contributed by atoms with Crippen LogP contribution in [0.1, 0.15) is 64.2 Å². The second kappa shape index (κ2) is 10.1. The molecule has 5 rings (SSSR count). The van der Waals surface area contributed by atoms with Crippen LogP contribution < -0.4 is 10.2 Å². The molecule has 1 saturated heterocycles. The van der Waals surface area contributed by atoms with Crippen LogP contribution in [-0.4, -0.2) is 65.8 Å². The molecule has 9 nitrogen and oxygen atoms in total. The van der Waals surface area contributed by atoms with E-state index in [9.17, 15) is 14.4 Å². The fraction of sp³-hybridized carbons (Fsp3) is 0.538. The number of methoxy groups -OCH3 is 1. The molecular formula is C26H33N5O4. The molecule has 0 atom stereocenters. The van der Waals surface area contributed by atoms with Crippen molar-refractivity contribution in [3.8, 4) is 0 Å². The number of nitrogens with one attached hydrogen (secondary N) is 1. The zero-order chi connectivity index (χ0) is 24.4. The van der Waals surface area contributed by atoms with E-state index in [1.807, 2.05) is 33.8 Å². The third-order valence-electron chi connectivity index (χ3n) is 7.19. The molecule has 1 aromatic heterocycles. The van der Waals surface area contributed by atoms with Gasteiger partial charge in [0.2, 0.25) is 0 Å². The number of carbonyl (C=O) groups is 3. The van der Waals surface area contributed by atoms with Gasteiger partial charge in [-0.2, -0.15) is 5.10 Å². The summed E-state index contributed by atoms with van der Waals surface area (Å²) in [6.07, 6.45) is 5.57. The maximum Gasteiger partial charge on any atom is 0.307 e. The number of hydrogen-bond acceptors (Lipinski definition) is 6. The lowest BCUT2D eigenvalue weighted by Crippen LogP contribution is -2.37. The molecule has 0 bridgehead atoms. The molecule has 2 fully saturated rings. The summed E-state index contributed by atoms with van der Waals surface area (Å²) in [7, 11) is 1.33. The number of ether oxygens (including phenoxy) is 1. The zero-order valence-corrected chi connectivity index (χ0v) is 20.3. The first-order valence-corrected chi connectivity index (χ1v) is 12.6. The minimum absolute atomic E-state index is 0.0318. The fourth-order valence-corrected chi connectivity index (χ4v) is 4.98. The summed E-state index contributed by atoms with van der Waals surface area (Å²) in [5.74, 6) is -0.110. The van der Waals surface area contributed by atoms with E-state index in [1.165, 1.54) is 32.8 Å². The lowest BCUT2D eigenvalue weighted by atomic mass is 10.0. The Morgan fingerprint density at radius 2 is 1.83 bits per heavy atom. The minimum Gasteiger partial charge on any atom is -0.469 e. The second-order valence-electron chi connectivity index (χ2n) is 9.70. The van der Waals surface area contributed by atoms with Crippen molar-refractivity contribution >= 4 is 23.5 Å². The van der Waals surface area contributed by atoms with Gasteiger partial charge in [0.15, 0.2) is 5.69 Å². The van der Waals surface area contributed by atoms with Crippen molar-refractivity contribution in [3.05, 3.63) is 46.8 Å². The van der Waals surface area contributed by atoms with Crippen molar-refractivity contribution in [1.82, 2.24) is 20.0 Å². The summed E-state index contributed by atoms with van der Waals surface area (Å²) < 4.78 is 6.61. The Labute approximate surface area is 205 Å². The van der Waals surface area contributed by atoms with Gasteiger partial charge >= 0.3 is 5.97 Å². The largest absolute Gasteiger partial charge is 0.469 e. The van der Waals surface area contributed by atoms with E-state index in [0.29, 0.717) is 36.7 Å². The fourth-order valence-electron chi connectivity index (χ4n) is 4.98. The van der Waals surface area contributed by atoms with Gasteiger partial charge in [-0.15, -0.1) is 0 Å². The number of amides is 2. The summed E-state index contributed by atoms with van der Waals surface area (Å²) >= 11 is 0. The maximum atomic E-state index is 13.3. The molecule has 0 radical (unpaired) electrons. The number of anilines is 1. The van der Waals surface area contributed by atoms with E-state index in [2.05, 4.69) is 20.1 Å². The highest BCUT2D eigenvalue weighted by molar-refractivity contribution is 5.96. The van der Waals surface area contributed by atoms with Crippen LogP contribution in [-0.2, 0) is 29.0 Å². The summed E-state index contributed by atoms with van der Waals surface area (Å²) in [5.41, 5.74) is 4.03. The number of fused-ring (bicyclic) bond motifs is 1. The Bertz CT molecular complexity index is 1100. The van der Waals surface area contributed by atoms with Crippen LogP contribution in [0, 0.1) is 5.92 Å². The van der Waals surface area contributed by atoms with Crippen LogP contribution in [0.3, 0.4) is 0 Å². The molecule has 3 aliphatic rings. The van der Waals surface area contributed by atoms with Gasteiger partial charge < -0.3 is 19.9 Å². The molecule has 35 heavy (non-hydrogen) atoms. The van der Waals surface area contributed by atoms with Crippen LogP contribution in [0.25, 0.3) is 0 Å². The van der Waals surface area contributed by atoms with Gasteiger partial charge in [-0.1, -0.05) is 0 Å². The van der Waals surface area contributed by atoms with Crippen LogP contribution >= 0.6 is 0 Å². The number of esters is 1. The predicted octanol–water partition coefficient (Wildman–Crippen LogP) is 2.38. The Morgan fingerprint density at radius 3 is 2.51 bits per heavy atom. The second-order valence-corrected chi connectivity index (χ2v) is 9.70. The lowest BCUT2D eigenvalue weighted by Gasteiger charge is -2.28. The lowest BCUT2D eigenvalue weighted by molar-refractivity contribution is -0.140. The van der Waals surface area contributed by atoms with Crippen LogP contribution in [0.2, 0.25) is 0 Å². The van der Waals surface area contributed by atoms with Gasteiger partial charge in [0.05, 0.1) is 20.1 Å². The average Bonchev–Trinajstić information content (AvgIpc) is 3.39. The predicted molar refractivity (Wildman–Crippen MR) is 130 cm³/mol. The van der Waals surface area contributed by atoms with Crippen molar-refractivity contribution < 1.29 is 19.1 Å². The van der Waals surface area contributed by atoms with Gasteiger partial charge in [0, 0.05) is 61.7 Å². The molecule has 1 aliphatic carbocycles. The average molecular weight is 480 g/mol. The third kappa shape index (κ3) is 5.18. The van der Waals surface area contributed by atoms with Gasteiger partial charge in [-0.3, -0.25) is 19.1 Å². The van der Waals surface area contributed by atoms with Crippen LogP contribution in [0.15, 0.2) is 24.3 Å². The maximum absolute atomic E-state index is 13.3. The molecular weight excluding hydrogens is 446 g/mol. The first-order valence-electron chi connectivity index (χ1n) is 12.6. The molecule has 2 amide bonds. The molecule has 2 aromatic rings. The monoisotopic (exact) mass is 479 g/mol. The molecule has 1 saturated carbocycles. The van der Waals surface area contributed by atoms with E-state index >= 15 is 0 Å². The first-order chi connectivity index (χ1) is 17.0. The first kappa shape index (κ1) is 23.4. The van der Waals surface area contributed by atoms with E-state index in [0.717, 1.165) is 36.6 Å². The molecule has 0 unspecified atom stereocenters. The summed E-state index contributed by atoms with van der Waals surface area (Å²) in [5, 5.41) is 7.44. The summed E-state index contributed by atoms with van der Waals surface area (Å²) in [4.78, 5) is 41.9. The third-order valence-corrected chi connectivity index (χ3v) is 7.19. The highest BCUT2D eigenvalue weighted by Crippen LogP contribution is 2.33. The van der Waals surface area contributed by atoms with E-state index < -0.39 is 0 Å². The van der Waals surface area contributed by atoms with Crippen molar-refractivity contribution in [2.24, 2.45) is 5.92 Å². The van der Waals surface area contributed by atoms with E-state index in [1.54, 1.807) is 0 Å². The van der Waals surface area contributed by atoms with Crippen molar-refractivity contribution in [3.63, 3.8) is 0 Å². The van der Waals surface area contributed by atoms with Crippen LogP contribution in [0.5, 0.6) is 0 Å². The normalized spacial score (nSPS) is 17.3. The molecule has 0 spiro atoms. The topological polar surface area (TPSA) is 96.8 Å². The van der Waals surface area contributed by atoms with E-state index in [-0.39, 0.29) is 30.7 Å². The molecule has 3 heterocycles. The SMILES string of the molecule is COC(=O)CCNC(=O)c1nn(CC2CC2)c2c1CN(C(=O)c1ccc(N3CCCC3)cc1)CC2. The highest BCUT2D eigenvalue weighted by atomic mass is 16.5. The van der Waals surface area contributed by atoms with Crippen molar-refractivity contribution in [2.45, 2.75) is 51.6 Å². The minimum atomic E-state index is -0.376. The Kier molecular flexibility index (Phi) is 6.74. The summed E-state index contributed by atoms with van der Waals surface area (Å²) in [6.45, 7) is 4.08. The Hall–Kier alpha value is -3.36. The Morgan fingerprint density at radius 1 is 1.09 bits per heavy atom. The number of benzene rings is 1. The molecule has 1 N–H and O–H groups in total. The number of hydrogen-bond donors (Lipinski definition) is 1.